The lowest BCUT2D eigenvalue weighted by Gasteiger charge is -2.43. The molecule has 120 valence electrons. The van der Waals surface area contributed by atoms with Crippen molar-refractivity contribution in [2.45, 2.75) is 78.7 Å². The van der Waals surface area contributed by atoms with Crippen molar-refractivity contribution in [3.8, 4) is 0 Å². The van der Waals surface area contributed by atoms with Gasteiger partial charge >= 0.3 is 0 Å². The van der Waals surface area contributed by atoms with Crippen LogP contribution < -0.4 is 0 Å². The van der Waals surface area contributed by atoms with Crippen molar-refractivity contribution in [1.29, 1.82) is 0 Å². The van der Waals surface area contributed by atoms with Crippen molar-refractivity contribution >= 4 is 0 Å². The maximum absolute atomic E-state index is 10.2. The third-order valence-corrected chi connectivity index (χ3v) is 5.37. The molecule has 0 saturated heterocycles. The average Bonchev–Trinajstić information content (AvgIpc) is 2.41. The second kappa shape index (κ2) is 7.45. The van der Waals surface area contributed by atoms with Gasteiger partial charge in [-0.05, 0) is 70.6 Å². The Morgan fingerprint density at radius 3 is 2.76 bits per heavy atom. The first-order valence-electron chi connectivity index (χ1n) is 8.40. The molecule has 3 atom stereocenters. The highest BCUT2D eigenvalue weighted by Crippen LogP contribution is 2.48. The van der Waals surface area contributed by atoms with Gasteiger partial charge in [0.15, 0.2) is 0 Å². The van der Waals surface area contributed by atoms with Crippen LogP contribution in [0.3, 0.4) is 0 Å². The molecule has 0 heterocycles. The predicted octanol–water partition coefficient (Wildman–Crippen LogP) is 5.81. The van der Waals surface area contributed by atoms with E-state index in [0.29, 0.717) is 5.92 Å². The number of allylic oxidation sites excluding steroid dienone is 4. The summed E-state index contributed by atoms with van der Waals surface area (Å²) in [6.07, 6.45) is 13.1. The number of rotatable bonds is 7. The van der Waals surface area contributed by atoms with Crippen LogP contribution >= 0.6 is 0 Å². The maximum Gasteiger partial charge on any atom is 0.0797 e. The van der Waals surface area contributed by atoms with Gasteiger partial charge in [-0.25, -0.2) is 0 Å². The highest BCUT2D eigenvalue weighted by Gasteiger charge is 2.37. The Bertz CT molecular complexity index is 410. The molecule has 1 N–H and O–H groups in total. The first kappa shape index (κ1) is 18.2. The molecule has 1 aliphatic carbocycles. The van der Waals surface area contributed by atoms with Gasteiger partial charge in [0.1, 0.15) is 0 Å². The zero-order valence-corrected chi connectivity index (χ0v) is 14.7. The molecule has 0 saturated carbocycles. The van der Waals surface area contributed by atoms with E-state index >= 15 is 0 Å². The van der Waals surface area contributed by atoms with E-state index < -0.39 is 5.60 Å². The molecule has 0 spiro atoms. The molecule has 0 aliphatic heterocycles. The molecule has 0 radical (unpaired) electrons. The second-order valence-electron chi connectivity index (χ2n) is 7.51. The largest absolute Gasteiger partial charge is 0.386 e. The molecule has 1 heteroatoms. The van der Waals surface area contributed by atoms with Crippen LogP contribution in [0, 0.1) is 11.3 Å². The summed E-state index contributed by atoms with van der Waals surface area (Å²) in [6, 6.07) is 0. The Morgan fingerprint density at radius 1 is 1.52 bits per heavy atom. The summed E-state index contributed by atoms with van der Waals surface area (Å²) in [7, 11) is 0. The molecule has 0 amide bonds. The van der Waals surface area contributed by atoms with Gasteiger partial charge in [-0.2, -0.15) is 0 Å². The van der Waals surface area contributed by atoms with Crippen LogP contribution in [0.4, 0.5) is 0 Å². The van der Waals surface area contributed by atoms with Gasteiger partial charge in [-0.1, -0.05) is 43.2 Å². The highest BCUT2D eigenvalue weighted by molar-refractivity contribution is 5.19. The third-order valence-electron chi connectivity index (χ3n) is 5.37. The van der Waals surface area contributed by atoms with Crippen LogP contribution in [0.1, 0.15) is 73.1 Å². The van der Waals surface area contributed by atoms with E-state index in [1.807, 2.05) is 6.92 Å². The van der Waals surface area contributed by atoms with Crippen LogP contribution in [-0.2, 0) is 0 Å². The number of hydrogen-bond acceptors (Lipinski definition) is 1. The lowest BCUT2D eigenvalue weighted by atomic mass is 9.63. The smallest absolute Gasteiger partial charge is 0.0797 e. The quantitative estimate of drug-likeness (QED) is 0.586. The Labute approximate surface area is 131 Å². The molecule has 21 heavy (non-hydrogen) atoms. The minimum absolute atomic E-state index is 0.223. The molecule has 1 unspecified atom stereocenters. The Hall–Kier alpha value is -0.820. The van der Waals surface area contributed by atoms with Crippen LogP contribution in [0.15, 0.2) is 36.0 Å². The van der Waals surface area contributed by atoms with E-state index in [2.05, 4.69) is 46.4 Å². The van der Waals surface area contributed by atoms with E-state index in [-0.39, 0.29) is 5.41 Å². The van der Waals surface area contributed by atoms with E-state index in [1.165, 1.54) is 18.4 Å². The van der Waals surface area contributed by atoms with Gasteiger partial charge in [-0.15, -0.1) is 6.58 Å². The lowest BCUT2D eigenvalue weighted by molar-refractivity contribution is 0.0750. The summed E-state index contributed by atoms with van der Waals surface area (Å²) in [6.45, 7) is 14.7. The summed E-state index contributed by atoms with van der Waals surface area (Å²) < 4.78 is 0. The fourth-order valence-electron chi connectivity index (χ4n) is 3.30. The fraction of sp³-hybridized carbons (Fsp3) is 0.700. The SMILES string of the molecule is C=CC(C)(O)CC[C@@]1(C)C(CCC=C(C)C)=CCC[C@H]1C. The topological polar surface area (TPSA) is 20.2 Å². The van der Waals surface area contributed by atoms with Crippen LogP contribution in [0.2, 0.25) is 0 Å². The summed E-state index contributed by atoms with van der Waals surface area (Å²) in [4.78, 5) is 0. The van der Waals surface area contributed by atoms with Crippen LogP contribution in [-0.4, -0.2) is 10.7 Å². The minimum atomic E-state index is -0.745. The molecule has 0 bridgehead atoms. The summed E-state index contributed by atoms with van der Waals surface area (Å²) in [5.41, 5.74) is 2.47. The zero-order valence-electron chi connectivity index (χ0n) is 14.7. The van der Waals surface area contributed by atoms with E-state index in [0.717, 1.165) is 25.7 Å². The van der Waals surface area contributed by atoms with Crippen molar-refractivity contribution in [2.24, 2.45) is 11.3 Å². The lowest BCUT2D eigenvalue weighted by Crippen LogP contribution is -2.33. The van der Waals surface area contributed by atoms with E-state index in [4.69, 9.17) is 0 Å². The second-order valence-corrected chi connectivity index (χ2v) is 7.51. The normalized spacial score (nSPS) is 28.5. The first-order chi connectivity index (χ1) is 9.71. The molecular formula is C20H34O. The van der Waals surface area contributed by atoms with Crippen molar-refractivity contribution in [3.63, 3.8) is 0 Å². The Morgan fingerprint density at radius 2 is 2.19 bits per heavy atom. The van der Waals surface area contributed by atoms with Gasteiger partial charge in [0.05, 0.1) is 5.60 Å². The standard InChI is InChI=1S/C20H34O/c1-7-19(5,21)14-15-20(6)17(4)11-9-13-18(20)12-8-10-16(2)3/h7,10,13,17,21H,1,8-9,11-12,14-15H2,2-6H3/t17-,19?,20-/m1/s1. The van der Waals surface area contributed by atoms with Crippen LogP contribution in [0.5, 0.6) is 0 Å². The molecule has 1 aliphatic rings. The molecule has 0 aromatic carbocycles. The van der Waals surface area contributed by atoms with E-state index in [9.17, 15) is 5.11 Å². The number of hydrogen-bond donors (Lipinski definition) is 1. The number of aliphatic hydroxyl groups is 1. The molecular weight excluding hydrogens is 256 g/mol. The molecule has 1 nitrogen and oxygen atoms in total. The van der Waals surface area contributed by atoms with Gasteiger partial charge in [0.25, 0.3) is 0 Å². The summed E-state index contributed by atoms with van der Waals surface area (Å²) >= 11 is 0. The first-order valence-corrected chi connectivity index (χ1v) is 8.40. The van der Waals surface area contributed by atoms with E-state index in [1.54, 1.807) is 11.6 Å². The predicted molar refractivity (Wildman–Crippen MR) is 93.3 cm³/mol. The van der Waals surface area contributed by atoms with Gasteiger partial charge < -0.3 is 5.11 Å². The monoisotopic (exact) mass is 290 g/mol. The van der Waals surface area contributed by atoms with Crippen LogP contribution in [0.25, 0.3) is 0 Å². The average molecular weight is 290 g/mol. The Balaban J connectivity index is 2.81. The minimum Gasteiger partial charge on any atom is -0.386 e. The Kier molecular flexibility index (Phi) is 6.46. The third kappa shape index (κ3) is 5.14. The maximum atomic E-state index is 10.2. The van der Waals surface area contributed by atoms with Crippen molar-refractivity contribution in [2.75, 3.05) is 0 Å². The van der Waals surface area contributed by atoms with Gasteiger partial charge in [0.2, 0.25) is 0 Å². The summed E-state index contributed by atoms with van der Waals surface area (Å²) in [5, 5.41) is 10.2. The molecule has 0 fully saturated rings. The van der Waals surface area contributed by atoms with Gasteiger partial charge in [-0.3, -0.25) is 0 Å². The molecule has 0 aromatic heterocycles. The highest BCUT2D eigenvalue weighted by atomic mass is 16.3. The summed E-state index contributed by atoms with van der Waals surface area (Å²) in [5.74, 6) is 0.685. The fourth-order valence-corrected chi connectivity index (χ4v) is 3.30. The van der Waals surface area contributed by atoms with Gasteiger partial charge in [0, 0.05) is 0 Å². The van der Waals surface area contributed by atoms with Crippen molar-refractivity contribution < 1.29 is 5.11 Å². The molecule has 0 aromatic rings. The van der Waals surface area contributed by atoms with Crippen molar-refractivity contribution in [1.82, 2.24) is 0 Å². The molecule has 1 rings (SSSR count). The van der Waals surface area contributed by atoms with Crippen molar-refractivity contribution in [3.05, 3.63) is 36.0 Å². The zero-order chi connectivity index (χ0) is 16.1.